The van der Waals surface area contributed by atoms with Crippen LogP contribution in [0.25, 0.3) is 0 Å². The smallest absolute Gasteiger partial charge is 0.250 e. The van der Waals surface area contributed by atoms with Crippen LogP contribution in [0, 0.1) is 0 Å². The molecule has 0 aromatic carbocycles. The summed E-state index contributed by atoms with van der Waals surface area (Å²) < 4.78 is 7.55. The summed E-state index contributed by atoms with van der Waals surface area (Å²) in [5, 5.41) is 0. The lowest BCUT2D eigenvalue weighted by Gasteiger charge is -2.26. The van der Waals surface area contributed by atoms with Gasteiger partial charge in [0.1, 0.15) is 0 Å². The largest absolute Gasteiger partial charge is 0.374 e. The number of fused-ring (bicyclic) bond motifs is 1. The third-order valence-electron chi connectivity index (χ3n) is 3.51. The molecule has 4 heteroatoms. The van der Waals surface area contributed by atoms with Crippen molar-refractivity contribution >= 4 is 0 Å². The van der Waals surface area contributed by atoms with Crippen LogP contribution in [0.4, 0.5) is 0 Å². The molecule has 19 heavy (non-hydrogen) atoms. The predicted molar refractivity (Wildman–Crippen MR) is 76.3 cm³/mol. The van der Waals surface area contributed by atoms with Crippen LogP contribution in [-0.2, 0) is 17.7 Å². The van der Waals surface area contributed by atoms with E-state index < -0.39 is 0 Å². The summed E-state index contributed by atoms with van der Waals surface area (Å²) in [6.07, 6.45) is 3.00. The van der Waals surface area contributed by atoms with E-state index in [2.05, 4.69) is 0 Å². The number of nitrogens with two attached hydrogens (primary N) is 1. The maximum absolute atomic E-state index is 12.0. The van der Waals surface area contributed by atoms with E-state index >= 15 is 0 Å². The molecule has 0 aliphatic heterocycles. The molecule has 1 aromatic heterocycles. The molecule has 2 N–H and O–H groups in total. The molecule has 0 amide bonds. The normalized spacial score (nSPS) is 19.3. The summed E-state index contributed by atoms with van der Waals surface area (Å²) in [6.45, 7) is 7.21. The van der Waals surface area contributed by atoms with Crippen LogP contribution >= 0.6 is 0 Å². The average Bonchev–Trinajstić information content (AvgIpc) is 2.31. The lowest BCUT2D eigenvalue weighted by molar-refractivity contribution is -0.00744. The van der Waals surface area contributed by atoms with E-state index in [1.807, 2.05) is 31.4 Å². The minimum Gasteiger partial charge on any atom is -0.374 e. The van der Waals surface area contributed by atoms with Crippen molar-refractivity contribution in [3.05, 3.63) is 33.7 Å². The first-order chi connectivity index (χ1) is 8.88. The van der Waals surface area contributed by atoms with E-state index in [0.29, 0.717) is 13.2 Å². The van der Waals surface area contributed by atoms with Crippen molar-refractivity contribution in [3.8, 4) is 0 Å². The number of aromatic nitrogens is 1. The Labute approximate surface area is 114 Å². The van der Waals surface area contributed by atoms with Gasteiger partial charge in [-0.2, -0.15) is 0 Å². The lowest BCUT2D eigenvalue weighted by atomic mass is 9.91. The van der Waals surface area contributed by atoms with Crippen molar-refractivity contribution < 1.29 is 4.74 Å². The van der Waals surface area contributed by atoms with Crippen LogP contribution in [0.1, 0.15) is 50.9 Å². The first kappa shape index (κ1) is 14.3. The molecule has 0 bridgehead atoms. The number of hydrogen-bond acceptors (Lipinski definition) is 3. The van der Waals surface area contributed by atoms with Crippen LogP contribution in [0.5, 0.6) is 0 Å². The van der Waals surface area contributed by atoms with E-state index in [-0.39, 0.29) is 17.2 Å². The molecule has 0 saturated carbocycles. The Kier molecular flexibility index (Phi) is 4.11. The van der Waals surface area contributed by atoms with Crippen molar-refractivity contribution in [3.63, 3.8) is 0 Å². The first-order valence-electron chi connectivity index (χ1n) is 7.00. The van der Waals surface area contributed by atoms with Gasteiger partial charge in [0.05, 0.1) is 12.2 Å². The van der Waals surface area contributed by atoms with E-state index in [1.54, 1.807) is 6.07 Å². The molecule has 1 atom stereocenters. The second-order valence-electron chi connectivity index (χ2n) is 6.18. The third kappa shape index (κ3) is 3.45. The van der Waals surface area contributed by atoms with Crippen LogP contribution in [0.15, 0.2) is 16.9 Å². The van der Waals surface area contributed by atoms with Gasteiger partial charge < -0.3 is 15.0 Å². The second-order valence-corrected chi connectivity index (χ2v) is 6.18. The molecule has 1 aromatic rings. The van der Waals surface area contributed by atoms with Gasteiger partial charge in [-0.3, -0.25) is 4.79 Å². The van der Waals surface area contributed by atoms with Crippen LogP contribution in [0.2, 0.25) is 0 Å². The number of nitrogens with zero attached hydrogens (tertiary/aromatic N) is 1. The van der Waals surface area contributed by atoms with Crippen molar-refractivity contribution in [2.45, 2.75) is 58.2 Å². The van der Waals surface area contributed by atoms with Gasteiger partial charge in [0, 0.05) is 24.3 Å². The van der Waals surface area contributed by atoms with E-state index in [9.17, 15) is 4.79 Å². The molecule has 0 saturated heterocycles. The predicted octanol–water partition coefficient (Wildman–Crippen LogP) is 2.00. The van der Waals surface area contributed by atoms with Gasteiger partial charge in [-0.1, -0.05) is 6.07 Å². The maximum Gasteiger partial charge on any atom is 0.250 e. The Balaban J connectivity index is 2.20. The van der Waals surface area contributed by atoms with Gasteiger partial charge >= 0.3 is 0 Å². The molecule has 1 unspecified atom stereocenters. The lowest BCUT2D eigenvalue weighted by Crippen LogP contribution is -2.31. The highest BCUT2D eigenvalue weighted by molar-refractivity contribution is 5.27. The fourth-order valence-corrected chi connectivity index (χ4v) is 2.59. The molecule has 2 rings (SSSR count). The number of rotatable bonds is 3. The highest BCUT2D eigenvalue weighted by Gasteiger charge is 2.20. The number of ether oxygens (including phenoxy) is 1. The Morgan fingerprint density at radius 2 is 2.16 bits per heavy atom. The SMILES string of the molecule is CC(C)(C)OCCn1c2c(ccc1=O)C(N)CCC2. The molecule has 1 aliphatic carbocycles. The Bertz CT molecular complexity index is 500. The highest BCUT2D eigenvalue weighted by atomic mass is 16.5. The zero-order valence-electron chi connectivity index (χ0n) is 12.1. The topological polar surface area (TPSA) is 57.2 Å². The molecule has 0 radical (unpaired) electrons. The molecule has 1 heterocycles. The zero-order chi connectivity index (χ0) is 14.0. The Morgan fingerprint density at radius 3 is 2.84 bits per heavy atom. The summed E-state index contributed by atoms with van der Waals surface area (Å²) in [6, 6.07) is 3.59. The quantitative estimate of drug-likeness (QED) is 0.908. The molecule has 0 spiro atoms. The van der Waals surface area contributed by atoms with E-state index in [4.69, 9.17) is 10.5 Å². The minimum absolute atomic E-state index is 0.0466. The summed E-state index contributed by atoms with van der Waals surface area (Å²) in [5.41, 5.74) is 8.22. The van der Waals surface area contributed by atoms with Gasteiger partial charge in [0.25, 0.3) is 5.56 Å². The standard InChI is InChI=1S/C15H24N2O2/c1-15(2,3)19-10-9-17-13-6-4-5-12(16)11(13)7-8-14(17)18/h7-8,12H,4-6,9-10,16H2,1-3H3. The molecular weight excluding hydrogens is 240 g/mol. The summed E-state index contributed by atoms with van der Waals surface area (Å²) >= 11 is 0. The average molecular weight is 264 g/mol. The summed E-state index contributed by atoms with van der Waals surface area (Å²) in [4.78, 5) is 12.0. The summed E-state index contributed by atoms with van der Waals surface area (Å²) in [5.74, 6) is 0. The Hall–Kier alpha value is -1.13. The van der Waals surface area contributed by atoms with E-state index in [0.717, 1.165) is 30.5 Å². The second kappa shape index (κ2) is 5.47. The highest BCUT2D eigenvalue weighted by Crippen LogP contribution is 2.26. The fourth-order valence-electron chi connectivity index (χ4n) is 2.59. The number of hydrogen-bond donors (Lipinski definition) is 1. The fraction of sp³-hybridized carbons (Fsp3) is 0.667. The van der Waals surface area contributed by atoms with Crippen molar-refractivity contribution in [2.24, 2.45) is 5.73 Å². The molecule has 4 nitrogen and oxygen atoms in total. The van der Waals surface area contributed by atoms with Crippen molar-refractivity contribution in [1.29, 1.82) is 0 Å². The zero-order valence-corrected chi connectivity index (χ0v) is 12.1. The molecular formula is C15H24N2O2. The monoisotopic (exact) mass is 264 g/mol. The minimum atomic E-state index is -0.172. The number of pyridine rings is 1. The van der Waals surface area contributed by atoms with Crippen LogP contribution < -0.4 is 11.3 Å². The van der Waals surface area contributed by atoms with Crippen molar-refractivity contribution in [1.82, 2.24) is 4.57 Å². The molecule has 0 fully saturated rings. The van der Waals surface area contributed by atoms with Gasteiger partial charge in [-0.15, -0.1) is 0 Å². The van der Waals surface area contributed by atoms with Crippen LogP contribution in [-0.4, -0.2) is 16.8 Å². The molecule has 106 valence electrons. The van der Waals surface area contributed by atoms with Gasteiger partial charge in [0.2, 0.25) is 0 Å². The molecule has 1 aliphatic rings. The third-order valence-corrected chi connectivity index (χ3v) is 3.51. The van der Waals surface area contributed by atoms with Crippen molar-refractivity contribution in [2.75, 3.05) is 6.61 Å². The van der Waals surface area contributed by atoms with Gasteiger partial charge in [0.15, 0.2) is 0 Å². The summed E-state index contributed by atoms with van der Waals surface area (Å²) in [7, 11) is 0. The first-order valence-corrected chi connectivity index (χ1v) is 7.00. The maximum atomic E-state index is 12.0. The Morgan fingerprint density at radius 1 is 1.42 bits per heavy atom. The van der Waals surface area contributed by atoms with Crippen LogP contribution in [0.3, 0.4) is 0 Å². The van der Waals surface area contributed by atoms with Gasteiger partial charge in [-0.25, -0.2) is 0 Å². The van der Waals surface area contributed by atoms with E-state index in [1.165, 1.54) is 0 Å². The van der Waals surface area contributed by atoms with Gasteiger partial charge in [-0.05, 0) is 45.6 Å².